The van der Waals surface area contributed by atoms with Crippen LogP contribution in [0, 0.1) is 5.92 Å². The summed E-state index contributed by atoms with van der Waals surface area (Å²) in [5, 5.41) is 7.27. The Morgan fingerprint density at radius 3 is 2.20 bits per heavy atom. The number of carbonyl (C=O) groups excluding carboxylic acids is 1. The average molecular weight is 468 g/mol. The molecule has 3 aromatic rings. The summed E-state index contributed by atoms with van der Waals surface area (Å²) in [7, 11) is 1.67. The number of hydrogen-bond acceptors (Lipinski definition) is 5. The molecule has 35 heavy (non-hydrogen) atoms. The van der Waals surface area contributed by atoms with E-state index in [4.69, 9.17) is 4.74 Å². The van der Waals surface area contributed by atoms with E-state index >= 15 is 0 Å². The molecule has 1 heterocycles. The fraction of sp³-hybridized carbons (Fsp3) is 0.300. The number of ether oxygens (including phenoxy) is 1. The summed E-state index contributed by atoms with van der Waals surface area (Å²) < 4.78 is 5.35. The van der Waals surface area contributed by atoms with Crippen molar-refractivity contribution < 1.29 is 9.53 Å². The molecule has 5 rings (SSSR count). The second kappa shape index (κ2) is 9.87. The quantitative estimate of drug-likeness (QED) is 0.441. The highest BCUT2D eigenvalue weighted by molar-refractivity contribution is 5.90. The molecule has 0 saturated carbocycles. The van der Waals surface area contributed by atoms with Gasteiger partial charge in [0.15, 0.2) is 0 Å². The van der Waals surface area contributed by atoms with Gasteiger partial charge in [-0.05, 0) is 61.4 Å². The van der Waals surface area contributed by atoms with Gasteiger partial charge in [-0.2, -0.15) is 0 Å². The molecule has 0 fully saturated rings. The summed E-state index contributed by atoms with van der Waals surface area (Å²) in [5.41, 5.74) is 6.42. The van der Waals surface area contributed by atoms with Crippen molar-refractivity contribution >= 4 is 22.8 Å². The van der Waals surface area contributed by atoms with Crippen LogP contribution in [0.1, 0.15) is 43.4 Å². The summed E-state index contributed by atoms with van der Waals surface area (Å²) in [6.45, 7) is 6.30. The lowest BCUT2D eigenvalue weighted by atomic mass is 9.76. The van der Waals surface area contributed by atoms with Gasteiger partial charge in [-0.25, -0.2) is 0 Å². The fourth-order valence-corrected chi connectivity index (χ4v) is 5.33. The van der Waals surface area contributed by atoms with Gasteiger partial charge in [-0.3, -0.25) is 4.79 Å². The second-order valence-corrected chi connectivity index (χ2v) is 9.21. The molecule has 5 nitrogen and oxygen atoms in total. The molecule has 5 heteroatoms. The van der Waals surface area contributed by atoms with E-state index in [1.807, 2.05) is 36.4 Å². The zero-order chi connectivity index (χ0) is 24.4. The lowest BCUT2D eigenvalue weighted by Crippen LogP contribution is -2.33. The maximum absolute atomic E-state index is 13.7. The molecule has 180 valence electrons. The van der Waals surface area contributed by atoms with Crippen LogP contribution < -0.4 is 20.3 Å². The third kappa shape index (κ3) is 4.51. The second-order valence-electron chi connectivity index (χ2n) is 9.21. The molecular formula is C30H33N3O2. The number of allylic oxidation sites excluding steroid dienone is 1. The van der Waals surface area contributed by atoms with Gasteiger partial charge in [0.2, 0.25) is 0 Å². The molecule has 1 aliphatic heterocycles. The molecule has 0 spiro atoms. The third-order valence-corrected chi connectivity index (χ3v) is 7.26. The molecular weight excluding hydrogens is 434 g/mol. The number of para-hydroxylation sites is 2. The van der Waals surface area contributed by atoms with Gasteiger partial charge in [0.1, 0.15) is 11.5 Å². The highest BCUT2D eigenvalue weighted by Crippen LogP contribution is 2.44. The van der Waals surface area contributed by atoms with Gasteiger partial charge in [-0.15, -0.1) is 0 Å². The molecule has 0 unspecified atom stereocenters. The van der Waals surface area contributed by atoms with Crippen molar-refractivity contribution in [2.75, 3.05) is 35.7 Å². The summed E-state index contributed by atoms with van der Waals surface area (Å²) in [6.07, 6.45) is 2.75. The highest BCUT2D eigenvalue weighted by Gasteiger charge is 2.39. The molecule has 0 saturated heterocycles. The van der Waals surface area contributed by atoms with Crippen molar-refractivity contribution in [3.63, 3.8) is 0 Å². The summed E-state index contributed by atoms with van der Waals surface area (Å²) in [4.78, 5) is 16.1. The van der Waals surface area contributed by atoms with Gasteiger partial charge in [0.25, 0.3) is 0 Å². The molecule has 0 amide bonds. The summed E-state index contributed by atoms with van der Waals surface area (Å²) in [5.74, 6) is 0.810. The van der Waals surface area contributed by atoms with Gasteiger partial charge < -0.3 is 20.3 Å². The van der Waals surface area contributed by atoms with Gasteiger partial charge >= 0.3 is 0 Å². The number of benzene rings is 3. The Bertz CT molecular complexity index is 1210. The number of nitrogens with zero attached hydrogens (tertiary/aromatic N) is 1. The van der Waals surface area contributed by atoms with Crippen LogP contribution in [0.25, 0.3) is 0 Å². The van der Waals surface area contributed by atoms with Crippen LogP contribution in [0.5, 0.6) is 5.75 Å². The van der Waals surface area contributed by atoms with E-state index in [0.29, 0.717) is 6.42 Å². The molecule has 2 aliphatic rings. The Balaban J connectivity index is 1.52. The third-order valence-electron chi connectivity index (χ3n) is 7.26. The monoisotopic (exact) mass is 467 g/mol. The number of rotatable bonds is 6. The molecule has 2 N–H and O–H groups in total. The number of hydrogen-bond donors (Lipinski definition) is 2. The van der Waals surface area contributed by atoms with E-state index in [1.54, 1.807) is 7.11 Å². The van der Waals surface area contributed by atoms with Crippen LogP contribution in [-0.2, 0) is 4.79 Å². The smallest absolute Gasteiger partial charge is 0.145 e. The number of nitrogens with one attached hydrogen (secondary N) is 2. The molecule has 3 atom stereocenters. The maximum Gasteiger partial charge on any atom is 0.145 e. The lowest BCUT2D eigenvalue weighted by Gasteiger charge is -2.32. The summed E-state index contributed by atoms with van der Waals surface area (Å²) >= 11 is 0. The Morgan fingerprint density at radius 1 is 0.886 bits per heavy atom. The SMILES string of the molecule is CCN(CC)c1ccc([C@@H]2C=C3Nc4ccccc4N[C@@H](c4ccc(OC)cc4)[C@H]3C(=O)C2)cc1. The number of anilines is 3. The zero-order valence-corrected chi connectivity index (χ0v) is 20.6. The van der Waals surface area contributed by atoms with E-state index in [1.165, 1.54) is 11.3 Å². The van der Waals surface area contributed by atoms with E-state index in [-0.39, 0.29) is 23.7 Å². The first-order valence-corrected chi connectivity index (χ1v) is 12.5. The first-order valence-electron chi connectivity index (χ1n) is 12.5. The normalized spacial score (nSPS) is 20.9. The number of carbonyl (C=O) groups is 1. The summed E-state index contributed by atoms with van der Waals surface area (Å²) in [6, 6.07) is 24.7. The van der Waals surface area contributed by atoms with Crippen molar-refractivity contribution in [2.45, 2.75) is 32.2 Å². The molecule has 0 radical (unpaired) electrons. The standard InChI is InChI=1S/C30H33N3O2/c1-4-33(5-2)23-14-10-20(11-15-23)22-18-27-29(28(34)19-22)30(21-12-16-24(35-3)17-13-21)32-26-9-7-6-8-25(26)31-27/h6-18,22,29-32H,4-5,19H2,1-3H3/t22-,29-,30+/m1/s1. The zero-order valence-electron chi connectivity index (χ0n) is 20.6. The minimum Gasteiger partial charge on any atom is -0.497 e. The maximum atomic E-state index is 13.7. The van der Waals surface area contributed by atoms with Crippen molar-refractivity contribution in [3.8, 4) is 5.75 Å². The Labute approximate surface area is 207 Å². The molecule has 1 aliphatic carbocycles. The van der Waals surface area contributed by atoms with Crippen molar-refractivity contribution in [1.29, 1.82) is 0 Å². The lowest BCUT2D eigenvalue weighted by molar-refractivity contribution is -0.122. The minimum absolute atomic E-state index is 0.0498. The van der Waals surface area contributed by atoms with E-state index in [2.05, 4.69) is 71.9 Å². The first-order chi connectivity index (χ1) is 17.1. The fourth-order valence-electron chi connectivity index (χ4n) is 5.33. The minimum atomic E-state index is -0.290. The molecule has 0 bridgehead atoms. The van der Waals surface area contributed by atoms with Crippen LogP contribution in [0.15, 0.2) is 84.6 Å². The Kier molecular flexibility index (Phi) is 6.49. The number of ketones is 1. The Morgan fingerprint density at radius 2 is 1.54 bits per heavy atom. The van der Waals surface area contributed by atoms with Gasteiger partial charge in [0, 0.05) is 36.8 Å². The van der Waals surface area contributed by atoms with Crippen molar-refractivity contribution in [2.24, 2.45) is 5.92 Å². The predicted molar refractivity (Wildman–Crippen MR) is 143 cm³/mol. The largest absolute Gasteiger partial charge is 0.497 e. The topological polar surface area (TPSA) is 53.6 Å². The van der Waals surface area contributed by atoms with Crippen LogP contribution in [0.4, 0.5) is 17.1 Å². The van der Waals surface area contributed by atoms with Crippen LogP contribution in [-0.4, -0.2) is 26.0 Å². The van der Waals surface area contributed by atoms with E-state index < -0.39 is 0 Å². The molecule has 0 aromatic heterocycles. The van der Waals surface area contributed by atoms with Crippen molar-refractivity contribution in [1.82, 2.24) is 0 Å². The highest BCUT2D eigenvalue weighted by atomic mass is 16.5. The number of Topliss-reactive ketones (excluding diaryl/α,β-unsaturated/α-hetero) is 1. The average Bonchev–Trinajstić information content (AvgIpc) is 3.07. The van der Waals surface area contributed by atoms with Crippen LogP contribution in [0.3, 0.4) is 0 Å². The van der Waals surface area contributed by atoms with Gasteiger partial charge in [0.05, 0.1) is 30.4 Å². The van der Waals surface area contributed by atoms with E-state index in [9.17, 15) is 4.79 Å². The predicted octanol–water partition coefficient (Wildman–Crippen LogP) is 6.38. The first kappa shape index (κ1) is 23.0. The van der Waals surface area contributed by atoms with Gasteiger partial charge in [-0.1, -0.05) is 42.5 Å². The number of fused-ring (bicyclic) bond motifs is 2. The van der Waals surface area contributed by atoms with Crippen molar-refractivity contribution in [3.05, 3.63) is 95.7 Å². The number of methoxy groups -OCH3 is 1. The Hall–Kier alpha value is -3.73. The van der Waals surface area contributed by atoms with Crippen LogP contribution in [0.2, 0.25) is 0 Å². The van der Waals surface area contributed by atoms with Crippen LogP contribution >= 0.6 is 0 Å². The van der Waals surface area contributed by atoms with E-state index in [0.717, 1.165) is 41.5 Å². The molecule has 3 aromatic carbocycles.